The molecule has 32 heavy (non-hydrogen) atoms. The van der Waals surface area contributed by atoms with Gasteiger partial charge in [-0.3, -0.25) is 14.7 Å². The van der Waals surface area contributed by atoms with Gasteiger partial charge in [0.1, 0.15) is 5.69 Å². The fourth-order valence-corrected chi connectivity index (χ4v) is 4.04. The molecule has 0 spiro atoms. The average molecular weight is 473 g/mol. The SMILES string of the molecule is CN1CCN(c2ccc(NC(=O)c3[nH]ncc3NC(=O)c3c(Cl)cccc3Cl)cc2)CC1. The largest absolute Gasteiger partial charge is 0.369 e. The molecule has 1 aliphatic heterocycles. The minimum atomic E-state index is -0.535. The predicted molar refractivity (Wildman–Crippen MR) is 127 cm³/mol. The van der Waals surface area contributed by atoms with Gasteiger partial charge in [-0.25, -0.2) is 0 Å². The van der Waals surface area contributed by atoms with Crippen LogP contribution in [-0.4, -0.2) is 60.1 Å². The zero-order chi connectivity index (χ0) is 22.7. The zero-order valence-corrected chi connectivity index (χ0v) is 18.9. The van der Waals surface area contributed by atoms with E-state index in [0.717, 1.165) is 31.9 Å². The first-order valence-corrected chi connectivity index (χ1v) is 10.8. The lowest BCUT2D eigenvalue weighted by molar-refractivity contribution is 0.102. The molecule has 1 aliphatic rings. The van der Waals surface area contributed by atoms with Crippen LogP contribution in [0.15, 0.2) is 48.7 Å². The summed E-state index contributed by atoms with van der Waals surface area (Å²) in [6.45, 7) is 3.97. The molecular formula is C22H22Cl2N6O2. The van der Waals surface area contributed by atoms with E-state index >= 15 is 0 Å². The molecule has 2 heterocycles. The van der Waals surface area contributed by atoms with E-state index in [2.05, 4.69) is 37.7 Å². The van der Waals surface area contributed by atoms with Crippen LogP contribution in [0, 0.1) is 0 Å². The minimum Gasteiger partial charge on any atom is -0.369 e. The summed E-state index contributed by atoms with van der Waals surface area (Å²) in [5, 5.41) is 12.4. The second kappa shape index (κ2) is 9.60. The van der Waals surface area contributed by atoms with E-state index in [1.54, 1.807) is 18.2 Å². The Labute approximate surface area is 195 Å². The summed E-state index contributed by atoms with van der Waals surface area (Å²) in [5.74, 6) is -0.969. The molecule has 1 fully saturated rings. The third-order valence-electron chi connectivity index (χ3n) is 5.30. The van der Waals surface area contributed by atoms with Gasteiger partial charge in [0, 0.05) is 37.6 Å². The van der Waals surface area contributed by atoms with Crippen molar-refractivity contribution in [2.45, 2.75) is 0 Å². The zero-order valence-electron chi connectivity index (χ0n) is 17.4. The van der Waals surface area contributed by atoms with Crippen LogP contribution in [0.2, 0.25) is 10.0 Å². The summed E-state index contributed by atoms with van der Waals surface area (Å²) in [6.07, 6.45) is 1.36. The molecule has 0 radical (unpaired) electrons. The van der Waals surface area contributed by atoms with Crippen LogP contribution in [0.1, 0.15) is 20.8 Å². The number of halogens is 2. The number of H-pyrrole nitrogens is 1. The highest BCUT2D eigenvalue weighted by molar-refractivity contribution is 6.40. The number of carbonyl (C=O) groups is 2. The first-order chi connectivity index (χ1) is 15.4. The number of nitrogens with zero attached hydrogens (tertiary/aromatic N) is 3. The molecular weight excluding hydrogens is 451 g/mol. The van der Waals surface area contributed by atoms with Crippen LogP contribution < -0.4 is 15.5 Å². The molecule has 166 valence electrons. The van der Waals surface area contributed by atoms with E-state index in [-0.39, 0.29) is 27.0 Å². The fraction of sp³-hybridized carbons (Fsp3) is 0.227. The van der Waals surface area contributed by atoms with Gasteiger partial charge in [0.05, 0.1) is 27.5 Å². The van der Waals surface area contributed by atoms with E-state index in [9.17, 15) is 9.59 Å². The summed E-state index contributed by atoms with van der Waals surface area (Å²) in [7, 11) is 2.12. The number of aromatic nitrogens is 2. The molecule has 10 heteroatoms. The van der Waals surface area contributed by atoms with Gasteiger partial charge in [-0.05, 0) is 43.4 Å². The number of rotatable bonds is 5. The Morgan fingerprint density at radius 2 is 1.59 bits per heavy atom. The number of hydrogen-bond donors (Lipinski definition) is 3. The monoisotopic (exact) mass is 472 g/mol. The van der Waals surface area contributed by atoms with Gasteiger partial charge in [-0.15, -0.1) is 0 Å². The van der Waals surface area contributed by atoms with Crippen molar-refractivity contribution in [1.29, 1.82) is 0 Å². The number of benzene rings is 2. The maximum Gasteiger partial charge on any atom is 0.275 e. The highest BCUT2D eigenvalue weighted by Gasteiger charge is 2.20. The number of piperazine rings is 1. The molecule has 2 aromatic carbocycles. The van der Waals surface area contributed by atoms with Crippen molar-refractivity contribution < 1.29 is 9.59 Å². The number of anilines is 3. The highest BCUT2D eigenvalue weighted by Crippen LogP contribution is 2.26. The van der Waals surface area contributed by atoms with Gasteiger partial charge in [0.2, 0.25) is 0 Å². The predicted octanol–water partition coefficient (Wildman–Crippen LogP) is 3.97. The topological polar surface area (TPSA) is 93.4 Å². The van der Waals surface area contributed by atoms with Crippen LogP contribution in [-0.2, 0) is 0 Å². The maximum absolute atomic E-state index is 12.8. The van der Waals surface area contributed by atoms with E-state index in [0.29, 0.717) is 5.69 Å². The van der Waals surface area contributed by atoms with Crippen molar-refractivity contribution in [3.8, 4) is 0 Å². The Balaban J connectivity index is 1.43. The Kier molecular flexibility index (Phi) is 6.64. The van der Waals surface area contributed by atoms with Crippen LogP contribution >= 0.6 is 23.2 Å². The minimum absolute atomic E-state index is 0.115. The van der Waals surface area contributed by atoms with Crippen molar-refractivity contribution >= 4 is 52.1 Å². The summed E-state index contributed by atoms with van der Waals surface area (Å²) in [4.78, 5) is 30.0. The fourth-order valence-electron chi connectivity index (χ4n) is 3.47. The molecule has 0 bridgehead atoms. The summed E-state index contributed by atoms with van der Waals surface area (Å²) >= 11 is 12.2. The smallest absolute Gasteiger partial charge is 0.275 e. The molecule has 0 unspecified atom stereocenters. The quantitative estimate of drug-likeness (QED) is 0.522. The van der Waals surface area contributed by atoms with Gasteiger partial charge >= 0.3 is 0 Å². The van der Waals surface area contributed by atoms with Crippen LogP contribution in [0.5, 0.6) is 0 Å². The third-order valence-corrected chi connectivity index (χ3v) is 5.93. The van der Waals surface area contributed by atoms with Crippen LogP contribution in [0.4, 0.5) is 17.1 Å². The molecule has 0 atom stereocenters. The summed E-state index contributed by atoms with van der Waals surface area (Å²) < 4.78 is 0. The molecule has 0 aliphatic carbocycles. The number of nitrogens with one attached hydrogen (secondary N) is 3. The number of amides is 2. The van der Waals surface area contributed by atoms with Gasteiger partial charge in [0.25, 0.3) is 11.8 Å². The number of hydrogen-bond acceptors (Lipinski definition) is 5. The van der Waals surface area contributed by atoms with Crippen molar-refractivity contribution in [2.75, 3.05) is 48.8 Å². The molecule has 3 N–H and O–H groups in total. The normalized spacial score (nSPS) is 14.3. The molecule has 3 aromatic rings. The number of aromatic amines is 1. The van der Waals surface area contributed by atoms with E-state index in [1.165, 1.54) is 6.20 Å². The van der Waals surface area contributed by atoms with Crippen molar-refractivity contribution in [2.24, 2.45) is 0 Å². The van der Waals surface area contributed by atoms with Crippen LogP contribution in [0.3, 0.4) is 0 Å². The Morgan fingerprint density at radius 3 is 2.25 bits per heavy atom. The molecule has 8 nitrogen and oxygen atoms in total. The molecule has 0 saturated carbocycles. The first kappa shape index (κ1) is 22.1. The van der Waals surface area contributed by atoms with Crippen molar-refractivity contribution in [3.05, 3.63) is 70.0 Å². The Morgan fingerprint density at radius 1 is 0.938 bits per heavy atom. The number of carbonyl (C=O) groups excluding carboxylic acids is 2. The lowest BCUT2D eigenvalue weighted by Crippen LogP contribution is -2.44. The highest BCUT2D eigenvalue weighted by atomic mass is 35.5. The second-order valence-corrected chi connectivity index (χ2v) is 8.32. The second-order valence-electron chi connectivity index (χ2n) is 7.50. The molecule has 4 rings (SSSR count). The Hall–Kier alpha value is -3.07. The van der Waals surface area contributed by atoms with Crippen LogP contribution in [0.25, 0.3) is 0 Å². The lowest BCUT2D eigenvalue weighted by Gasteiger charge is -2.34. The van der Waals surface area contributed by atoms with Gasteiger partial charge in [-0.1, -0.05) is 29.3 Å². The van der Waals surface area contributed by atoms with Gasteiger partial charge < -0.3 is 20.4 Å². The Bertz CT molecular complexity index is 1100. The summed E-state index contributed by atoms with van der Waals surface area (Å²) in [5.41, 5.74) is 2.21. The van der Waals surface area contributed by atoms with Gasteiger partial charge in [-0.2, -0.15) is 5.10 Å². The van der Waals surface area contributed by atoms with Gasteiger partial charge in [0.15, 0.2) is 0 Å². The standard InChI is InChI=1S/C22H22Cl2N6O2/c1-29-9-11-30(12-10-29)15-7-5-14(6-8-15)26-22(32)20-18(13-25-28-20)27-21(31)19-16(23)3-2-4-17(19)24/h2-8,13H,9-12H2,1H3,(H,25,28)(H,26,32)(H,27,31). The molecule has 1 aromatic heterocycles. The van der Waals surface area contributed by atoms with Crippen molar-refractivity contribution in [3.63, 3.8) is 0 Å². The lowest BCUT2D eigenvalue weighted by atomic mass is 10.2. The third kappa shape index (κ3) is 4.88. The summed E-state index contributed by atoms with van der Waals surface area (Å²) in [6, 6.07) is 12.4. The maximum atomic E-state index is 12.8. The van der Waals surface area contributed by atoms with E-state index in [1.807, 2.05) is 24.3 Å². The average Bonchev–Trinajstić information content (AvgIpc) is 3.23. The van der Waals surface area contributed by atoms with E-state index in [4.69, 9.17) is 23.2 Å². The van der Waals surface area contributed by atoms with E-state index < -0.39 is 11.8 Å². The number of likely N-dealkylation sites (N-methyl/N-ethyl adjacent to an activating group) is 1. The molecule has 1 saturated heterocycles. The van der Waals surface area contributed by atoms with Crippen molar-refractivity contribution in [1.82, 2.24) is 15.1 Å². The first-order valence-electron chi connectivity index (χ1n) is 10.1. The molecule has 2 amide bonds.